The largest absolute Gasteiger partial charge is 0.350 e. The number of amides is 2. The van der Waals surface area contributed by atoms with Crippen molar-refractivity contribution in [2.24, 2.45) is 0 Å². The van der Waals surface area contributed by atoms with Crippen molar-refractivity contribution >= 4 is 43.5 Å². The molecule has 0 radical (unpaired) electrons. The van der Waals surface area contributed by atoms with Crippen LogP contribution in [-0.2, 0) is 32.6 Å². The zero-order valence-electron chi connectivity index (χ0n) is 22.1. The average Bonchev–Trinajstić information content (AvgIpc) is 2.84. The van der Waals surface area contributed by atoms with Gasteiger partial charge in [0.25, 0.3) is 0 Å². The zero-order chi connectivity index (χ0) is 27.9. The lowest BCUT2D eigenvalue weighted by atomic mass is 10.0. The Balaban J connectivity index is 2.05. The number of nitrogens with one attached hydrogen (secondary N) is 1. The van der Waals surface area contributed by atoms with Gasteiger partial charge >= 0.3 is 0 Å². The number of sulfonamides is 1. The maximum Gasteiger partial charge on any atom is 0.244 e. The molecule has 0 aliphatic carbocycles. The van der Waals surface area contributed by atoms with Crippen molar-refractivity contribution in [1.82, 2.24) is 10.2 Å². The van der Waals surface area contributed by atoms with Crippen LogP contribution in [0, 0.1) is 0 Å². The molecule has 1 atom stereocenters. The maximum atomic E-state index is 14.0. The number of carbonyl (C=O) groups is 2. The first-order valence-electron chi connectivity index (χ1n) is 12.3. The summed E-state index contributed by atoms with van der Waals surface area (Å²) in [5.74, 6) is -0.789. The fraction of sp³-hybridized carbons (Fsp3) is 0.310. The molecule has 0 fully saturated rings. The molecule has 38 heavy (non-hydrogen) atoms. The van der Waals surface area contributed by atoms with Gasteiger partial charge in [-0.15, -0.1) is 0 Å². The normalized spacial score (nSPS) is 12.4. The molecule has 2 amide bonds. The molecule has 1 N–H and O–H groups in total. The van der Waals surface area contributed by atoms with Crippen LogP contribution in [0.25, 0.3) is 0 Å². The summed E-state index contributed by atoms with van der Waals surface area (Å²) >= 11 is 3.37. The lowest BCUT2D eigenvalue weighted by Crippen LogP contribution is -2.56. The number of benzene rings is 3. The number of hydrogen-bond donors (Lipinski definition) is 1. The van der Waals surface area contributed by atoms with Crippen LogP contribution >= 0.6 is 15.9 Å². The summed E-state index contributed by atoms with van der Waals surface area (Å²) in [6.07, 6.45) is 1.34. The third-order valence-corrected chi connectivity index (χ3v) is 7.37. The third kappa shape index (κ3) is 8.70. The predicted molar refractivity (Wildman–Crippen MR) is 155 cm³/mol. The van der Waals surface area contributed by atoms with Crippen molar-refractivity contribution in [3.05, 3.63) is 101 Å². The first kappa shape index (κ1) is 29.4. The van der Waals surface area contributed by atoms with E-state index >= 15 is 0 Å². The Morgan fingerprint density at radius 1 is 0.895 bits per heavy atom. The molecule has 0 saturated heterocycles. The third-order valence-electron chi connectivity index (χ3n) is 5.74. The van der Waals surface area contributed by atoms with Crippen LogP contribution in [0.4, 0.5) is 5.69 Å². The highest BCUT2D eigenvalue weighted by Gasteiger charge is 2.34. The quantitative estimate of drug-likeness (QED) is 0.364. The van der Waals surface area contributed by atoms with E-state index < -0.39 is 34.1 Å². The lowest BCUT2D eigenvalue weighted by molar-refractivity contribution is -0.140. The number of hydrogen-bond acceptors (Lipinski definition) is 4. The highest BCUT2D eigenvalue weighted by Crippen LogP contribution is 2.23. The molecule has 1 unspecified atom stereocenters. The summed E-state index contributed by atoms with van der Waals surface area (Å²) in [5, 5.41) is 3.01. The second kappa shape index (κ2) is 12.6. The number of halogens is 1. The van der Waals surface area contributed by atoms with E-state index in [1.165, 1.54) is 4.90 Å². The fourth-order valence-corrected chi connectivity index (χ4v) is 5.26. The Labute approximate surface area is 234 Å². The molecule has 3 aromatic rings. The SMILES string of the molecule is CC(C)(C)NC(=O)C(Cc1ccccc1)N(Cc1ccccc1)C(=O)CN(c1cccc(Br)c1)S(C)(=O)=O. The monoisotopic (exact) mass is 599 g/mol. The van der Waals surface area contributed by atoms with E-state index in [-0.39, 0.29) is 18.9 Å². The summed E-state index contributed by atoms with van der Waals surface area (Å²) in [5.41, 5.74) is 1.55. The standard InChI is InChI=1S/C29H34BrN3O4S/c1-29(2,3)31-28(35)26(18-22-12-7-5-8-13-22)32(20-23-14-9-6-10-15-23)27(34)21-33(38(4,36)37)25-17-11-16-24(30)19-25/h5-17,19,26H,18,20-21H2,1-4H3,(H,31,35). The van der Waals surface area contributed by atoms with Crippen molar-refractivity contribution in [3.63, 3.8) is 0 Å². The number of rotatable bonds is 10. The molecule has 0 aliphatic rings. The molecule has 0 spiro atoms. The first-order chi connectivity index (χ1) is 17.8. The van der Waals surface area contributed by atoms with Crippen LogP contribution in [0.3, 0.4) is 0 Å². The van der Waals surface area contributed by atoms with E-state index in [9.17, 15) is 18.0 Å². The van der Waals surface area contributed by atoms with E-state index in [1.54, 1.807) is 24.3 Å². The molecule has 0 heterocycles. The van der Waals surface area contributed by atoms with E-state index in [2.05, 4.69) is 21.2 Å². The molecule has 0 aromatic heterocycles. The number of anilines is 1. The summed E-state index contributed by atoms with van der Waals surface area (Å²) in [6.45, 7) is 5.34. The molecule has 202 valence electrons. The molecule has 3 aromatic carbocycles. The van der Waals surface area contributed by atoms with E-state index in [4.69, 9.17) is 0 Å². The topological polar surface area (TPSA) is 86.8 Å². The van der Waals surface area contributed by atoms with Gasteiger partial charge in [0, 0.05) is 23.0 Å². The highest BCUT2D eigenvalue weighted by molar-refractivity contribution is 9.10. The Kier molecular flexibility index (Phi) is 9.73. The lowest BCUT2D eigenvalue weighted by Gasteiger charge is -2.35. The smallest absolute Gasteiger partial charge is 0.244 e. The van der Waals surface area contributed by atoms with Crippen molar-refractivity contribution in [2.45, 2.75) is 45.3 Å². The predicted octanol–water partition coefficient (Wildman–Crippen LogP) is 4.77. The van der Waals surface area contributed by atoms with E-state index in [1.807, 2.05) is 81.4 Å². The summed E-state index contributed by atoms with van der Waals surface area (Å²) in [7, 11) is -3.81. The molecule has 3 rings (SSSR count). The second-order valence-electron chi connectivity index (χ2n) is 10.2. The molecule has 7 nitrogen and oxygen atoms in total. The van der Waals surface area contributed by atoms with E-state index in [0.717, 1.165) is 21.7 Å². The van der Waals surface area contributed by atoms with Crippen molar-refractivity contribution in [3.8, 4) is 0 Å². The van der Waals surface area contributed by atoms with Gasteiger partial charge in [0.15, 0.2) is 0 Å². The maximum absolute atomic E-state index is 14.0. The van der Waals surface area contributed by atoms with Gasteiger partial charge in [0.05, 0.1) is 11.9 Å². The van der Waals surface area contributed by atoms with Gasteiger partial charge in [-0.3, -0.25) is 13.9 Å². The van der Waals surface area contributed by atoms with Crippen molar-refractivity contribution < 1.29 is 18.0 Å². The van der Waals surface area contributed by atoms with Gasteiger partial charge in [-0.1, -0.05) is 82.7 Å². The molecule has 0 aliphatic heterocycles. The Morgan fingerprint density at radius 3 is 2.00 bits per heavy atom. The van der Waals surface area contributed by atoms with Crippen LogP contribution in [0.15, 0.2) is 89.4 Å². The van der Waals surface area contributed by atoms with Gasteiger partial charge in [-0.05, 0) is 50.1 Å². The Hall–Kier alpha value is -3.17. The summed E-state index contributed by atoms with van der Waals surface area (Å²) < 4.78 is 27.4. The summed E-state index contributed by atoms with van der Waals surface area (Å²) in [4.78, 5) is 29.1. The first-order valence-corrected chi connectivity index (χ1v) is 14.9. The Morgan fingerprint density at radius 2 is 1.47 bits per heavy atom. The molecule has 0 saturated carbocycles. The zero-order valence-corrected chi connectivity index (χ0v) is 24.5. The van der Waals surface area contributed by atoms with Crippen LogP contribution in [0.5, 0.6) is 0 Å². The molecule has 0 bridgehead atoms. The van der Waals surface area contributed by atoms with E-state index in [0.29, 0.717) is 10.2 Å². The fourth-order valence-electron chi connectivity index (χ4n) is 4.03. The number of carbonyl (C=O) groups excluding carboxylic acids is 2. The highest BCUT2D eigenvalue weighted by atomic mass is 79.9. The number of nitrogens with zero attached hydrogens (tertiary/aromatic N) is 2. The van der Waals surface area contributed by atoms with Gasteiger partial charge in [0.2, 0.25) is 21.8 Å². The van der Waals surface area contributed by atoms with Crippen LogP contribution in [0.2, 0.25) is 0 Å². The summed E-state index contributed by atoms with van der Waals surface area (Å²) in [6, 6.07) is 24.7. The van der Waals surface area contributed by atoms with Crippen molar-refractivity contribution in [2.75, 3.05) is 17.1 Å². The van der Waals surface area contributed by atoms with Gasteiger partial charge in [0.1, 0.15) is 12.6 Å². The minimum Gasteiger partial charge on any atom is -0.350 e. The van der Waals surface area contributed by atoms with Crippen molar-refractivity contribution in [1.29, 1.82) is 0 Å². The minimum absolute atomic E-state index is 0.144. The van der Waals surface area contributed by atoms with Gasteiger partial charge in [-0.2, -0.15) is 0 Å². The second-order valence-corrected chi connectivity index (χ2v) is 13.0. The Bertz CT molecular complexity index is 1340. The van der Waals surface area contributed by atoms with Gasteiger partial charge < -0.3 is 10.2 Å². The van der Waals surface area contributed by atoms with Crippen LogP contribution in [-0.4, -0.2) is 49.5 Å². The van der Waals surface area contributed by atoms with Crippen LogP contribution in [0.1, 0.15) is 31.9 Å². The van der Waals surface area contributed by atoms with Gasteiger partial charge in [-0.25, -0.2) is 8.42 Å². The minimum atomic E-state index is -3.81. The average molecular weight is 601 g/mol. The van der Waals surface area contributed by atoms with Crippen LogP contribution < -0.4 is 9.62 Å². The molecule has 9 heteroatoms. The molecular weight excluding hydrogens is 566 g/mol. The molecular formula is C29H34BrN3O4S.